The van der Waals surface area contributed by atoms with E-state index in [0.29, 0.717) is 18.8 Å². The van der Waals surface area contributed by atoms with Crippen LogP contribution in [0.4, 0.5) is 0 Å². The predicted molar refractivity (Wildman–Crippen MR) is 72.1 cm³/mol. The Morgan fingerprint density at radius 3 is 2.90 bits per heavy atom. The van der Waals surface area contributed by atoms with Crippen LogP contribution in [0.3, 0.4) is 0 Å². The van der Waals surface area contributed by atoms with Gasteiger partial charge in [0.1, 0.15) is 0 Å². The lowest BCUT2D eigenvalue weighted by Crippen LogP contribution is -2.25. The van der Waals surface area contributed by atoms with Crippen LogP contribution >= 0.6 is 0 Å². The van der Waals surface area contributed by atoms with Crippen molar-refractivity contribution in [2.75, 3.05) is 6.61 Å². The minimum atomic E-state index is -0.480. The van der Waals surface area contributed by atoms with Gasteiger partial charge < -0.3 is 15.2 Å². The Bertz CT molecular complexity index is 484. The molecule has 0 aliphatic carbocycles. The average Bonchev–Trinajstić information content (AvgIpc) is 2.93. The Kier molecular flexibility index (Phi) is 4.39. The van der Waals surface area contributed by atoms with Crippen molar-refractivity contribution >= 4 is 5.97 Å². The highest BCUT2D eigenvalue weighted by molar-refractivity contribution is 5.88. The van der Waals surface area contributed by atoms with Crippen LogP contribution in [-0.4, -0.2) is 39.3 Å². The highest BCUT2D eigenvalue weighted by atomic mass is 16.5. The van der Waals surface area contributed by atoms with Gasteiger partial charge in [0, 0.05) is 6.54 Å². The molecule has 0 amide bonds. The third-order valence-corrected chi connectivity index (χ3v) is 3.43. The van der Waals surface area contributed by atoms with E-state index in [4.69, 9.17) is 15.2 Å². The molecule has 2 rings (SSSR count). The fraction of sp³-hybridized carbons (Fsp3) is 0.769. The van der Waals surface area contributed by atoms with Crippen LogP contribution in [0.15, 0.2) is 0 Å². The Hall–Kier alpha value is -1.47. The van der Waals surface area contributed by atoms with Crippen molar-refractivity contribution in [3.8, 4) is 0 Å². The van der Waals surface area contributed by atoms with Gasteiger partial charge in [-0.05, 0) is 33.6 Å². The highest BCUT2D eigenvalue weighted by Gasteiger charge is 2.32. The molecule has 112 valence electrons. The van der Waals surface area contributed by atoms with Gasteiger partial charge in [-0.2, -0.15) is 0 Å². The zero-order chi connectivity index (χ0) is 14.8. The molecule has 1 fully saturated rings. The molecule has 1 aromatic heterocycles. The number of aromatic nitrogens is 3. The first kappa shape index (κ1) is 14.9. The normalized spacial score (nSPS) is 21.1. The summed E-state index contributed by atoms with van der Waals surface area (Å²) in [4.78, 5) is 11.8. The molecule has 0 spiro atoms. The van der Waals surface area contributed by atoms with Crippen molar-refractivity contribution in [1.82, 2.24) is 15.0 Å². The molecule has 1 atom stereocenters. The number of nitrogens with zero attached hydrogens (tertiary/aromatic N) is 3. The maximum atomic E-state index is 11.8. The molecule has 7 nitrogen and oxygen atoms in total. The first-order valence-electron chi connectivity index (χ1n) is 6.94. The average molecular weight is 282 g/mol. The maximum absolute atomic E-state index is 11.8. The molecule has 2 heterocycles. The summed E-state index contributed by atoms with van der Waals surface area (Å²) in [5, 5.41) is 7.89. The number of esters is 1. The van der Waals surface area contributed by atoms with Crippen LogP contribution in [0.1, 0.15) is 49.8 Å². The predicted octanol–water partition coefficient (Wildman–Crippen LogP) is 0.871. The minimum absolute atomic E-state index is 0.0760. The fourth-order valence-electron chi connectivity index (χ4n) is 2.44. The van der Waals surface area contributed by atoms with Crippen molar-refractivity contribution in [3.05, 3.63) is 11.4 Å². The van der Waals surface area contributed by atoms with Gasteiger partial charge in [-0.3, -0.25) is 0 Å². The molecule has 2 N–H and O–H groups in total. The molecular weight excluding hydrogens is 260 g/mol. The summed E-state index contributed by atoms with van der Waals surface area (Å²) in [6, 6.07) is 0. The third-order valence-electron chi connectivity index (χ3n) is 3.43. The summed E-state index contributed by atoms with van der Waals surface area (Å²) in [6.07, 6.45) is 2.05. The molecule has 1 aliphatic rings. The molecule has 1 saturated heterocycles. The second kappa shape index (κ2) is 5.88. The number of carbonyl (C=O) groups is 1. The van der Waals surface area contributed by atoms with E-state index in [2.05, 4.69) is 24.2 Å². The highest BCUT2D eigenvalue weighted by Crippen LogP contribution is 2.30. The van der Waals surface area contributed by atoms with E-state index in [1.807, 2.05) is 0 Å². The molecule has 0 saturated carbocycles. The zero-order valence-electron chi connectivity index (χ0n) is 12.3. The minimum Gasteiger partial charge on any atom is -0.461 e. The zero-order valence-corrected chi connectivity index (χ0v) is 12.3. The van der Waals surface area contributed by atoms with Crippen molar-refractivity contribution in [3.63, 3.8) is 0 Å². The Labute approximate surface area is 118 Å². The topological polar surface area (TPSA) is 92.3 Å². The lowest BCUT2D eigenvalue weighted by Gasteiger charge is -2.19. The molecular formula is C13H22N4O3. The summed E-state index contributed by atoms with van der Waals surface area (Å²) >= 11 is 0. The van der Waals surface area contributed by atoms with Crippen LogP contribution < -0.4 is 5.73 Å². The van der Waals surface area contributed by atoms with Crippen LogP contribution in [0, 0.1) is 0 Å². The van der Waals surface area contributed by atoms with Gasteiger partial charge in [-0.1, -0.05) is 5.21 Å². The third kappa shape index (κ3) is 3.16. The number of rotatable bonds is 5. The number of hydrogen-bond acceptors (Lipinski definition) is 6. The summed E-state index contributed by atoms with van der Waals surface area (Å²) < 4.78 is 12.5. The van der Waals surface area contributed by atoms with E-state index < -0.39 is 5.97 Å². The molecule has 20 heavy (non-hydrogen) atoms. The SMILES string of the molecule is CCOC(=O)c1nnn(CC2CCC(C)(C)O2)c1CN. The number of ether oxygens (including phenoxy) is 2. The maximum Gasteiger partial charge on any atom is 0.360 e. The van der Waals surface area contributed by atoms with Gasteiger partial charge in [-0.15, -0.1) is 5.10 Å². The quantitative estimate of drug-likeness (QED) is 0.806. The number of hydrogen-bond donors (Lipinski definition) is 1. The van der Waals surface area contributed by atoms with Crippen LogP contribution in [0.5, 0.6) is 0 Å². The van der Waals surface area contributed by atoms with E-state index in [0.717, 1.165) is 12.8 Å². The van der Waals surface area contributed by atoms with Gasteiger partial charge >= 0.3 is 5.97 Å². The van der Waals surface area contributed by atoms with E-state index in [1.54, 1.807) is 11.6 Å². The number of nitrogens with two attached hydrogens (primary N) is 1. The lowest BCUT2D eigenvalue weighted by atomic mass is 10.1. The number of carbonyl (C=O) groups excluding carboxylic acids is 1. The van der Waals surface area contributed by atoms with Gasteiger partial charge in [-0.25, -0.2) is 9.48 Å². The molecule has 1 aliphatic heterocycles. The smallest absolute Gasteiger partial charge is 0.360 e. The van der Waals surface area contributed by atoms with Gasteiger partial charge in [0.05, 0.1) is 30.6 Å². The van der Waals surface area contributed by atoms with Crippen molar-refractivity contribution in [2.45, 2.75) is 58.4 Å². The van der Waals surface area contributed by atoms with E-state index in [1.165, 1.54) is 0 Å². The van der Waals surface area contributed by atoms with E-state index >= 15 is 0 Å². The van der Waals surface area contributed by atoms with Crippen molar-refractivity contribution in [1.29, 1.82) is 0 Å². The second-order valence-corrected chi connectivity index (χ2v) is 5.53. The summed E-state index contributed by atoms with van der Waals surface area (Å²) in [7, 11) is 0. The lowest BCUT2D eigenvalue weighted by molar-refractivity contribution is -0.0234. The molecule has 1 aromatic rings. The first-order valence-corrected chi connectivity index (χ1v) is 6.94. The molecule has 1 unspecified atom stereocenters. The van der Waals surface area contributed by atoms with E-state index in [-0.39, 0.29) is 23.9 Å². The van der Waals surface area contributed by atoms with Gasteiger partial charge in [0.25, 0.3) is 0 Å². The Morgan fingerprint density at radius 2 is 2.35 bits per heavy atom. The molecule has 0 bridgehead atoms. The fourth-order valence-corrected chi connectivity index (χ4v) is 2.44. The van der Waals surface area contributed by atoms with Gasteiger partial charge in [0.2, 0.25) is 0 Å². The first-order chi connectivity index (χ1) is 9.46. The standard InChI is InChI=1S/C13H22N4O3/c1-4-19-12(18)11-10(7-14)17(16-15-11)8-9-5-6-13(2,3)20-9/h9H,4-8,14H2,1-3H3. The van der Waals surface area contributed by atoms with E-state index in [9.17, 15) is 4.79 Å². The molecule has 0 aromatic carbocycles. The van der Waals surface area contributed by atoms with Crippen LogP contribution in [0.25, 0.3) is 0 Å². The Morgan fingerprint density at radius 1 is 1.60 bits per heavy atom. The second-order valence-electron chi connectivity index (χ2n) is 5.53. The largest absolute Gasteiger partial charge is 0.461 e. The van der Waals surface area contributed by atoms with Crippen molar-refractivity contribution < 1.29 is 14.3 Å². The van der Waals surface area contributed by atoms with Crippen LogP contribution in [-0.2, 0) is 22.6 Å². The molecule has 0 radical (unpaired) electrons. The Balaban J connectivity index is 2.11. The van der Waals surface area contributed by atoms with Crippen molar-refractivity contribution in [2.24, 2.45) is 5.73 Å². The summed E-state index contributed by atoms with van der Waals surface area (Å²) in [5.74, 6) is -0.480. The van der Waals surface area contributed by atoms with Gasteiger partial charge in [0.15, 0.2) is 5.69 Å². The molecule has 7 heteroatoms. The summed E-state index contributed by atoms with van der Waals surface area (Å²) in [5.41, 5.74) is 6.40. The summed E-state index contributed by atoms with van der Waals surface area (Å²) in [6.45, 7) is 6.94. The monoisotopic (exact) mass is 282 g/mol. The van der Waals surface area contributed by atoms with Crippen LogP contribution in [0.2, 0.25) is 0 Å².